The normalized spacial score (nSPS) is 14.0. The highest BCUT2D eigenvalue weighted by molar-refractivity contribution is 5.67. The zero-order chi connectivity index (χ0) is 15.6. The lowest BCUT2D eigenvalue weighted by atomic mass is 10.0. The average Bonchev–Trinajstić information content (AvgIpc) is 2.52. The molecule has 114 valence electrons. The van der Waals surface area contributed by atoms with Gasteiger partial charge in [0.15, 0.2) is 0 Å². The molecule has 3 nitrogen and oxygen atoms in total. The number of rotatable bonds is 3. The Labute approximate surface area is 125 Å². The van der Waals surface area contributed by atoms with Crippen LogP contribution in [0.4, 0.5) is 18.9 Å². The zero-order valence-corrected chi connectivity index (χ0v) is 11.5. The maximum atomic E-state index is 13.0. The van der Waals surface area contributed by atoms with Crippen molar-refractivity contribution >= 4 is 12.0 Å². The summed E-state index contributed by atoms with van der Waals surface area (Å²) in [6.07, 6.45) is -2.99. The Morgan fingerprint density at radius 3 is 2.55 bits per heavy atom. The molecule has 0 fully saturated rings. The molecule has 0 aromatic heterocycles. The van der Waals surface area contributed by atoms with E-state index >= 15 is 0 Å². The second-order valence-corrected chi connectivity index (χ2v) is 4.88. The molecule has 0 N–H and O–H groups in total. The van der Waals surface area contributed by atoms with Crippen LogP contribution in [0.5, 0.6) is 0 Å². The fraction of sp³-hybridized carbons (Fsp3) is 0.188. The van der Waals surface area contributed by atoms with Crippen molar-refractivity contribution in [2.45, 2.75) is 19.3 Å². The molecule has 0 radical (unpaired) electrons. The highest BCUT2D eigenvalue weighted by Gasteiger charge is 2.35. The van der Waals surface area contributed by atoms with E-state index in [9.17, 15) is 13.2 Å². The van der Waals surface area contributed by atoms with Gasteiger partial charge in [0.25, 0.3) is 0 Å². The van der Waals surface area contributed by atoms with E-state index in [0.717, 1.165) is 11.6 Å². The zero-order valence-electron chi connectivity index (χ0n) is 11.5. The summed E-state index contributed by atoms with van der Waals surface area (Å²) in [5, 5.41) is 1.32. The van der Waals surface area contributed by atoms with E-state index in [4.69, 9.17) is 4.84 Å². The standard InChI is InChI=1S/C16H13F3N2O/c17-16(18,19)14-7-4-8-15-13(14)9-21(11-20-15)22-10-12-5-2-1-3-6-12/h1-8,11H,9-10H2. The van der Waals surface area contributed by atoms with Gasteiger partial charge in [-0.25, -0.2) is 10.1 Å². The largest absolute Gasteiger partial charge is 0.416 e. The predicted molar refractivity (Wildman–Crippen MR) is 76.4 cm³/mol. The number of halogens is 3. The first kappa shape index (κ1) is 14.6. The summed E-state index contributed by atoms with van der Waals surface area (Å²) >= 11 is 0. The lowest BCUT2D eigenvalue weighted by molar-refractivity contribution is -0.141. The average molecular weight is 306 g/mol. The molecule has 6 heteroatoms. The van der Waals surface area contributed by atoms with Gasteiger partial charge >= 0.3 is 6.18 Å². The van der Waals surface area contributed by atoms with Gasteiger partial charge in [-0.05, 0) is 17.7 Å². The Bertz CT molecular complexity index is 684. The van der Waals surface area contributed by atoms with Gasteiger partial charge in [0, 0.05) is 5.56 Å². The summed E-state index contributed by atoms with van der Waals surface area (Å²) in [7, 11) is 0. The summed E-state index contributed by atoms with van der Waals surface area (Å²) in [5.41, 5.74) is 0.723. The maximum absolute atomic E-state index is 13.0. The lowest BCUT2D eigenvalue weighted by Gasteiger charge is -2.25. The smallest absolute Gasteiger partial charge is 0.267 e. The minimum Gasteiger partial charge on any atom is -0.267 e. The first-order chi connectivity index (χ1) is 10.5. The van der Waals surface area contributed by atoms with Crippen LogP contribution in [0.3, 0.4) is 0 Å². The fourth-order valence-electron chi connectivity index (χ4n) is 2.26. The molecule has 2 aromatic rings. The van der Waals surface area contributed by atoms with Gasteiger partial charge in [0.2, 0.25) is 0 Å². The quantitative estimate of drug-likeness (QED) is 0.844. The van der Waals surface area contributed by atoms with Crippen LogP contribution < -0.4 is 0 Å². The van der Waals surface area contributed by atoms with Crippen LogP contribution in [0.15, 0.2) is 53.5 Å². The molecule has 1 heterocycles. The topological polar surface area (TPSA) is 24.8 Å². The molecule has 1 aliphatic rings. The van der Waals surface area contributed by atoms with Crippen molar-refractivity contribution in [3.63, 3.8) is 0 Å². The van der Waals surface area contributed by atoms with Gasteiger partial charge in [-0.15, -0.1) is 0 Å². The van der Waals surface area contributed by atoms with Gasteiger partial charge in [-0.1, -0.05) is 36.4 Å². The number of fused-ring (bicyclic) bond motifs is 1. The summed E-state index contributed by atoms with van der Waals surface area (Å²) in [6.45, 7) is 0.289. The van der Waals surface area contributed by atoms with Crippen LogP contribution in [0.2, 0.25) is 0 Å². The monoisotopic (exact) mass is 306 g/mol. The van der Waals surface area contributed by atoms with Crippen LogP contribution >= 0.6 is 0 Å². The Kier molecular flexibility index (Phi) is 3.85. The van der Waals surface area contributed by atoms with E-state index < -0.39 is 11.7 Å². The van der Waals surface area contributed by atoms with Gasteiger partial charge in [-0.2, -0.15) is 13.2 Å². The Morgan fingerprint density at radius 2 is 1.82 bits per heavy atom. The summed E-state index contributed by atoms with van der Waals surface area (Å²) in [5.74, 6) is 0. The maximum Gasteiger partial charge on any atom is 0.416 e. The van der Waals surface area contributed by atoms with Crippen molar-refractivity contribution in [2.75, 3.05) is 0 Å². The van der Waals surface area contributed by atoms with Crippen LogP contribution in [0.1, 0.15) is 16.7 Å². The number of hydrogen-bond acceptors (Lipinski definition) is 3. The van der Waals surface area contributed by atoms with Crippen molar-refractivity contribution in [3.05, 3.63) is 65.2 Å². The summed E-state index contributed by atoms with van der Waals surface area (Å²) < 4.78 is 39.1. The Hall–Kier alpha value is -2.34. The number of hydrogen-bond donors (Lipinski definition) is 0. The molecule has 0 atom stereocenters. The molecule has 0 spiro atoms. The second kappa shape index (κ2) is 5.81. The van der Waals surface area contributed by atoms with Gasteiger partial charge in [-0.3, -0.25) is 4.84 Å². The molecule has 3 rings (SSSR count). The highest BCUT2D eigenvalue weighted by atomic mass is 19.4. The summed E-state index contributed by atoms with van der Waals surface area (Å²) in [6, 6.07) is 13.4. The molecule has 0 unspecified atom stereocenters. The number of hydroxylamine groups is 2. The minimum absolute atomic E-state index is 0.0152. The van der Waals surface area contributed by atoms with Crippen molar-refractivity contribution < 1.29 is 18.0 Å². The van der Waals surface area contributed by atoms with Crippen molar-refractivity contribution in [2.24, 2.45) is 4.99 Å². The lowest BCUT2D eigenvalue weighted by Crippen LogP contribution is -2.26. The number of alkyl halides is 3. The van der Waals surface area contributed by atoms with Crippen molar-refractivity contribution in [1.29, 1.82) is 0 Å². The van der Waals surface area contributed by atoms with E-state index in [1.165, 1.54) is 17.5 Å². The first-order valence-corrected chi connectivity index (χ1v) is 6.71. The first-order valence-electron chi connectivity index (χ1n) is 6.71. The molecule has 0 bridgehead atoms. The molecule has 0 amide bonds. The number of nitrogens with zero attached hydrogens (tertiary/aromatic N) is 2. The molecule has 0 aliphatic carbocycles. The van der Waals surface area contributed by atoms with Gasteiger partial charge < -0.3 is 0 Å². The minimum atomic E-state index is -4.40. The van der Waals surface area contributed by atoms with Gasteiger partial charge in [0.1, 0.15) is 6.34 Å². The molecule has 0 saturated carbocycles. The number of benzene rings is 2. The van der Waals surface area contributed by atoms with Crippen LogP contribution in [-0.2, 0) is 24.2 Å². The van der Waals surface area contributed by atoms with E-state index in [1.54, 1.807) is 6.07 Å². The third-order valence-electron chi connectivity index (χ3n) is 3.34. The molecule has 22 heavy (non-hydrogen) atoms. The fourth-order valence-corrected chi connectivity index (χ4v) is 2.26. The van der Waals surface area contributed by atoms with E-state index in [1.807, 2.05) is 30.3 Å². The van der Waals surface area contributed by atoms with Crippen molar-refractivity contribution in [3.8, 4) is 0 Å². The second-order valence-electron chi connectivity index (χ2n) is 4.88. The Balaban J connectivity index is 1.76. The Morgan fingerprint density at radius 1 is 1.05 bits per heavy atom. The van der Waals surface area contributed by atoms with Crippen LogP contribution in [0, 0.1) is 0 Å². The van der Waals surface area contributed by atoms with Gasteiger partial charge in [0.05, 0.1) is 24.4 Å². The third kappa shape index (κ3) is 3.12. The van der Waals surface area contributed by atoms with Crippen LogP contribution in [0.25, 0.3) is 0 Å². The van der Waals surface area contributed by atoms with Crippen molar-refractivity contribution in [1.82, 2.24) is 5.06 Å². The molecule has 1 aliphatic heterocycles. The third-order valence-corrected chi connectivity index (χ3v) is 3.34. The van der Waals surface area contributed by atoms with E-state index in [2.05, 4.69) is 4.99 Å². The molecule has 2 aromatic carbocycles. The molecular formula is C16H13F3N2O. The number of aliphatic imine (C=N–C) groups is 1. The molecular weight excluding hydrogens is 293 g/mol. The molecule has 0 saturated heterocycles. The SMILES string of the molecule is FC(F)(F)c1cccc2c1CN(OCc1ccccc1)C=N2. The van der Waals surface area contributed by atoms with E-state index in [-0.39, 0.29) is 18.7 Å². The highest BCUT2D eigenvalue weighted by Crippen LogP contribution is 2.37. The van der Waals surface area contributed by atoms with Crippen LogP contribution in [-0.4, -0.2) is 11.4 Å². The predicted octanol–water partition coefficient (Wildman–Crippen LogP) is 4.31. The summed E-state index contributed by atoms with van der Waals surface area (Å²) in [4.78, 5) is 9.55. The van der Waals surface area contributed by atoms with E-state index in [0.29, 0.717) is 5.69 Å².